The zero-order valence-corrected chi connectivity index (χ0v) is 12.8. The number of ketones is 1. The number of halogens is 4. The predicted octanol–water partition coefficient (Wildman–Crippen LogP) is 4.92. The topological polar surface area (TPSA) is 17.1 Å². The lowest BCUT2D eigenvalue weighted by Crippen LogP contribution is -2.05. The van der Waals surface area contributed by atoms with Crippen LogP contribution in [0.2, 0.25) is 0 Å². The summed E-state index contributed by atoms with van der Waals surface area (Å²) in [4.78, 5) is 12.1. The molecular weight excluding hydrogens is 382 g/mol. The normalized spacial score (nSPS) is 10.5. The summed E-state index contributed by atoms with van der Waals surface area (Å²) in [7, 11) is 0. The molecule has 0 fully saturated rings. The third-order valence-corrected chi connectivity index (χ3v) is 3.73. The minimum atomic E-state index is -0.944. The molecule has 0 heterocycles. The van der Waals surface area contributed by atoms with Gasteiger partial charge in [0, 0.05) is 20.9 Å². The first-order valence-corrected chi connectivity index (χ1v) is 6.98. The number of rotatable bonds is 3. The SMILES string of the molecule is O=C(Cc1ccc(F)c(F)c1)c1ccc(Br)cc1Br. The van der Waals surface area contributed by atoms with E-state index in [0.29, 0.717) is 15.6 Å². The Balaban J connectivity index is 2.23. The lowest BCUT2D eigenvalue weighted by Gasteiger charge is -2.05. The summed E-state index contributed by atoms with van der Waals surface area (Å²) < 4.78 is 27.4. The number of Topliss-reactive ketones (excluding diaryl/α,β-unsaturated/α-hetero) is 1. The number of hydrogen-bond acceptors (Lipinski definition) is 1. The molecule has 0 bridgehead atoms. The quantitative estimate of drug-likeness (QED) is 0.681. The average Bonchev–Trinajstić information content (AvgIpc) is 2.33. The van der Waals surface area contributed by atoms with Gasteiger partial charge in [0.15, 0.2) is 17.4 Å². The van der Waals surface area contributed by atoms with Crippen molar-refractivity contribution in [2.75, 3.05) is 0 Å². The van der Waals surface area contributed by atoms with Gasteiger partial charge in [0.05, 0.1) is 0 Å². The second-order valence-electron chi connectivity index (χ2n) is 3.97. The molecule has 0 aliphatic heterocycles. The van der Waals surface area contributed by atoms with Crippen molar-refractivity contribution in [2.45, 2.75) is 6.42 Å². The van der Waals surface area contributed by atoms with Gasteiger partial charge in [-0.1, -0.05) is 37.9 Å². The number of carbonyl (C=O) groups is 1. The highest BCUT2D eigenvalue weighted by Gasteiger charge is 2.12. The molecule has 0 aliphatic rings. The maximum Gasteiger partial charge on any atom is 0.168 e. The van der Waals surface area contributed by atoms with Crippen molar-refractivity contribution >= 4 is 37.6 Å². The van der Waals surface area contributed by atoms with E-state index < -0.39 is 11.6 Å². The molecule has 0 aromatic heterocycles. The van der Waals surface area contributed by atoms with Crippen LogP contribution in [0.5, 0.6) is 0 Å². The van der Waals surface area contributed by atoms with Gasteiger partial charge in [-0.3, -0.25) is 4.79 Å². The van der Waals surface area contributed by atoms with Crippen LogP contribution in [0.25, 0.3) is 0 Å². The highest BCUT2D eigenvalue weighted by Crippen LogP contribution is 2.23. The smallest absolute Gasteiger partial charge is 0.168 e. The molecule has 0 saturated heterocycles. The van der Waals surface area contributed by atoms with Crippen LogP contribution in [0.15, 0.2) is 45.3 Å². The minimum absolute atomic E-state index is 0.0252. The Kier molecular flexibility index (Phi) is 4.47. The summed E-state index contributed by atoms with van der Waals surface area (Å²) in [6.45, 7) is 0. The van der Waals surface area contributed by atoms with Crippen LogP contribution in [0.3, 0.4) is 0 Å². The van der Waals surface area contributed by atoms with Gasteiger partial charge in [-0.2, -0.15) is 0 Å². The van der Waals surface area contributed by atoms with Crippen LogP contribution in [0.1, 0.15) is 15.9 Å². The Morgan fingerprint density at radius 2 is 1.74 bits per heavy atom. The zero-order chi connectivity index (χ0) is 14.0. The molecule has 1 nitrogen and oxygen atoms in total. The van der Waals surface area contributed by atoms with E-state index in [2.05, 4.69) is 31.9 Å². The fourth-order valence-electron chi connectivity index (χ4n) is 1.65. The lowest BCUT2D eigenvalue weighted by molar-refractivity contribution is 0.0992. The summed E-state index contributed by atoms with van der Waals surface area (Å²) in [6, 6.07) is 8.66. The van der Waals surface area contributed by atoms with Crippen LogP contribution in [-0.2, 0) is 6.42 Å². The second kappa shape index (κ2) is 5.92. The fraction of sp³-hybridized carbons (Fsp3) is 0.0714. The van der Waals surface area contributed by atoms with Gasteiger partial charge in [-0.25, -0.2) is 8.78 Å². The van der Waals surface area contributed by atoms with Crippen molar-refractivity contribution < 1.29 is 13.6 Å². The second-order valence-corrected chi connectivity index (χ2v) is 5.74. The molecular formula is C14H8Br2F2O. The summed E-state index contributed by atoms with van der Waals surface area (Å²) in [5.74, 6) is -2.02. The van der Waals surface area contributed by atoms with E-state index in [-0.39, 0.29) is 12.2 Å². The van der Waals surface area contributed by atoms with Crippen molar-refractivity contribution in [1.29, 1.82) is 0 Å². The van der Waals surface area contributed by atoms with Gasteiger partial charge in [0.1, 0.15) is 0 Å². The molecule has 0 aliphatic carbocycles. The Morgan fingerprint density at radius 1 is 1.00 bits per heavy atom. The predicted molar refractivity (Wildman–Crippen MR) is 76.2 cm³/mol. The molecule has 0 unspecified atom stereocenters. The first-order valence-electron chi connectivity index (χ1n) is 5.39. The van der Waals surface area contributed by atoms with Crippen molar-refractivity contribution in [3.05, 3.63) is 68.1 Å². The first kappa shape index (κ1) is 14.3. The molecule has 0 atom stereocenters. The minimum Gasteiger partial charge on any atom is -0.294 e. The molecule has 5 heteroatoms. The van der Waals surface area contributed by atoms with Gasteiger partial charge in [-0.15, -0.1) is 0 Å². The average molecular weight is 390 g/mol. The van der Waals surface area contributed by atoms with E-state index in [1.165, 1.54) is 6.07 Å². The number of benzene rings is 2. The van der Waals surface area contributed by atoms with Crippen LogP contribution < -0.4 is 0 Å². The van der Waals surface area contributed by atoms with Gasteiger partial charge in [-0.05, 0) is 35.9 Å². The van der Waals surface area contributed by atoms with Crippen molar-refractivity contribution in [2.24, 2.45) is 0 Å². The fourth-order valence-corrected chi connectivity index (χ4v) is 2.91. The van der Waals surface area contributed by atoms with E-state index in [0.717, 1.165) is 16.6 Å². The third-order valence-electron chi connectivity index (χ3n) is 2.58. The van der Waals surface area contributed by atoms with Crippen LogP contribution in [-0.4, -0.2) is 5.78 Å². The van der Waals surface area contributed by atoms with E-state index >= 15 is 0 Å². The number of carbonyl (C=O) groups excluding carboxylic acids is 1. The van der Waals surface area contributed by atoms with E-state index in [1.807, 2.05) is 0 Å². The monoisotopic (exact) mass is 388 g/mol. The van der Waals surface area contributed by atoms with Crippen molar-refractivity contribution in [3.63, 3.8) is 0 Å². The van der Waals surface area contributed by atoms with Crippen molar-refractivity contribution in [3.8, 4) is 0 Å². The van der Waals surface area contributed by atoms with E-state index in [4.69, 9.17) is 0 Å². The summed E-state index contributed by atoms with van der Waals surface area (Å²) in [5, 5.41) is 0. The standard InChI is InChI=1S/C14H8Br2F2O/c15-9-2-3-10(11(16)7-9)14(19)6-8-1-4-12(17)13(18)5-8/h1-5,7H,6H2. The molecule has 98 valence electrons. The summed E-state index contributed by atoms with van der Waals surface area (Å²) in [5.41, 5.74) is 0.951. The summed E-state index contributed by atoms with van der Waals surface area (Å²) in [6.07, 6.45) is 0.0252. The van der Waals surface area contributed by atoms with Gasteiger partial charge < -0.3 is 0 Å². The number of hydrogen-bond donors (Lipinski definition) is 0. The Labute approximate surface area is 125 Å². The highest BCUT2D eigenvalue weighted by molar-refractivity contribution is 9.11. The Hall–Kier alpha value is -1.07. The lowest BCUT2D eigenvalue weighted by atomic mass is 10.0. The van der Waals surface area contributed by atoms with Crippen LogP contribution >= 0.6 is 31.9 Å². The molecule has 0 amide bonds. The maximum absolute atomic E-state index is 13.1. The molecule has 2 aromatic rings. The molecule has 0 radical (unpaired) electrons. The summed E-state index contributed by atoms with van der Waals surface area (Å²) >= 11 is 6.60. The Bertz CT molecular complexity index is 641. The van der Waals surface area contributed by atoms with Gasteiger partial charge in [0.2, 0.25) is 0 Å². The third kappa shape index (κ3) is 3.48. The maximum atomic E-state index is 13.1. The molecule has 0 saturated carbocycles. The molecule has 19 heavy (non-hydrogen) atoms. The van der Waals surface area contributed by atoms with Crippen LogP contribution in [0.4, 0.5) is 8.78 Å². The van der Waals surface area contributed by atoms with E-state index in [9.17, 15) is 13.6 Å². The van der Waals surface area contributed by atoms with Crippen molar-refractivity contribution in [1.82, 2.24) is 0 Å². The molecule has 0 N–H and O–H groups in total. The van der Waals surface area contributed by atoms with Crippen LogP contribution in [0, 0.1) is 11.6 Å². The van der Waals surface area contributed by atoms with Gasteiger partial charge >= 0.3 is 0 Å². The zero-order valence-electron chi connectivity index (χ0n) is 9.59. The molecule has 0 spiro atoms. The molecule has 2 rings (SSSR count). The largest absolute Gasteiger partial charge is 0.294 e. The first-order chi connectivity index (χ1) is 8.97. The Morgan fingerprint density at radius 3 is 2.37 bits per heavy atom. The highest BCUT2D eigenvalue weighted by atomic mass is 79.9. The van der Waals surface area contributed by atoms with Gasteiger partial charge in [0.25, 0.3) is 0 Å². The molecule has 2 aromatic carbocycles. The van der Waals surface area contributed by atoms with E-state index in [1.54, 1.807) is 18.2 Å².